The van der Waals surface area contributed by atoms with E-state index in [9.17, 15) is 0 Å². The third-order valence-electron chi connectivity index (χ3n) is 2.94. The highest BCUT2D eigenvalue weighted by atomic mass is 16.3. The van der Waals surface area contributed by atoms with E-state index in [1.807, 2.05) is 60.7 Å². The van der Waals surface area contributed by atoms with Gasteiger partial charge < -0.3 is 4.42 Å². The number of furan rings is 1. The molecule has 0 atom stereocenters. The molecule has 0 fully saturated rings. The van der Waals surface area contributed by atoms with E-state index < -0.39 is 0 Å². The Bertz CT molecular complexity index is 735. The van der Waals surface area contributed by atoms with E-state index >= 15 is 0 Å². The van der Waals surface area contributed by atoms with E-state index in [0.717, 1.165) is 22.6 Å². The molecule has 19 heavy (non-hydrogen) atoms. The fourth-order valence-corrected chi connectivity index (χ4v) is 1.99. The molecule has 0 spiro atoms. The molecular formula is C17H11NO. The number of nitriles is 1. The number of hydrogen-bond acceptors (Lipinski definition) is 2. The van der Waals surface area contributed by atoms with Gasteiger partial charge in [-0.2, -0.15) is 5.26 Å². The van der Waals surface area contributed by atoms with E-state index in [1.54, 1.807) is 6.07 Å². The lowest BCUT2D eigenvalue weighted by molar-refractivity contribution is 0.597. The first kappa shape index (κ1) is 11.3. The Labute approximate surface area is 111 Å². The van der Waals surface area contributed by atoms with Crippen molar-refractivity contribution >= 4 is 0 Å². The Morgan fingerprint density at radius 1 is 0.737 bits per heavy atom. The zero-order valence-corrected chi connectivity index (χ0v) is 10.2. The van der Waals surface area contributed by atoms with Crippen LogP contribution in [0.1, 0.15) is 5.56 Å². The molecule has 0 N–H and O–H groups in total. The van der Waals surface area contributed by atoms with Gasteiger partial charge in [-0.3, -0.25) is 0 Å². The van der Waals surface area contributed by atoms with Crippen molar-refractivity contribution < 1.29 is 4.42 Å². The highest BCUT2D eigenvalue weighted by Crippen LogP contribution is 2.28. The van der Waals surface area contributed by atoms with Crippen molar-refractivity contribution in [2.24, 2.45) is 0 Å². The second-order valence-electron chi connectivity index (χ2n) is 4.22. The largest absolute Gasteiger partial charge is 0.456 e. The van der Waals surface area contributed by atoms with Crippen LogP contribution in [0.4, 0.5) is 0 Å². The van der Waals surface area contributed by atoms with Gasteiger partial charge in [-0.1, -0.05) is 42.5 Å². The maximum atomic E-state index is 8.91. The fraction of sp³-hybridized carbons (Fsp3) is 0. The van der Waals surface area contributed by atoms with Gasteiger partial charge in [0.05, 0.1) is 11.6 Å². The Hall–Kier alpha value is -2.79. The zero-order valence-electron chi connectivity index (χ0n) is 10.2. The minimum atomic E-state index is 0.634. The smallest absolute Gasteiger partial charge is 0.134 e. The molecule has 0 saturated carbocycles. The SMILES string of the molecule is N#Cc1cccc(-c2ccc(-c3ccccc3)o2)c1. The first-order valence-corrected chi connectivity index (χ1v) is 6.02. The van der Waals surface area contributed by atoms with Crippen LogP contribution in [-0.4, -0.2) is 0 Å². The van der Waals surface area contributed by atoms with Gasteiger partial charge in [-0.05, 0) is 24.3 Å². The zero-order chi connectivity index (χ0) is 13.1. The summed E-state index contributed by atoms with van der Waals surface area (Å²) >= 11 is 0. The molecule has 0 aliphatic rings. The second-order valence-corrected chi connectivity index (χ2v) is 4.22. The van der Waals surface area contributed by atoms with E-state index in [1.165, 1.54) is 0 Å². The predicted octanol–water partition coefficient (Wildman–Crippen LogP) is 4.49. The monoisotopic (exact) mass is 245 g/mol. The number of benzene rings is 2. The molecule has 3 aromatic rings. The van der Waals surface area contributed by atoms with Crippen LogP contribution in [0.15, 0.2) is 71.1 Å². The van der Waals surface area contributed by atoms with Crippen LogP contribution in [0.3, 0.4) is 0 Å². The standard InChI is InChI=1S/C17H11NO/c18-12-13-5-4-8-15(11-13)17-10-9-16(19-17)14-6-2-1-3-7-14/h1-11H. The average molecular weight is 245 g/mol. The summed E-state index contributed by atoms with van der Waals surface area (Å²) in [5.74, 6) is 1.61. The molecule has 0 bridgehead atoms. The fourth-order valence-electron chi connectivity index (χ4n) is 1.99. The maximum Gasteiger partial charge on any atom is 0.134 e. The minimum absolute atomic E-state index is 0.634. The first-order chi connectivity index (χ1) is 9.36. The van der Waals surface area contributed by atoms with Crippen LogP contribution in [0.2, 0.25) is 0 Å². The molecule has 2 heteroatoms. The van der Waals surface area contributed by atoms with E-state index in [4.69, 9.17) is 9.68 Å². The van der Waals surface area contributed by atoms with Gasteiger partial charge in [0, 0.05) is 11.1 Å². The van der Waals surface area contributed by atoms with Gasteiger partial charge in [-0.15, -0.1) is 0 Å². The summed E-state index contributed by atoms with van der Waals surface area (Å²) in [6.07, 6.45) is 0. The molecule has 0 unspecified atom stereocenters. The molecule has 3 rings (SSSR count). The lowest BCUT2D eigenvalue weighted by atomic mass is 10.1. The van der Waals surface area contributed by atoms with Crippen molar-refractivity contribution in [3.8, 4) is 28.7 Å². The normalized spacial score (nSPS) is 10.1. The molecule has 0 radical (unpaired) electrons. The van der Waals surface area contributed by atoms with Crippen molar-refractivity contribution in [3.63, 3.8) is 0 Å². The number of nitrogens with zero attached hydrogens (tertiary/aromatic N) is 1. The van der Waals surface area contributed by atoms with Crippen molar-refractivity contribution in [1.82, 2.24) is 0 Å². The van der Waals surface area contributed by atoms with Crippen LogP contribution in [-0.2, 0) is 0 Å². The van der Waals surface area contributed by atoms with E-state index in [2.05, 4.69) is 6.07 Å². The van der Waals surface area contributed by atoms with E-state index in [-0.39, 0.29) is 0 Å². The Morgan fingerprint density at radius 3 is 2.16 bits per heavy atom. The van der Waals surface area contributed by atoms with Gasteiger partial charge in [0.25, 0.3) is 0 Å². The van der Waals surface area contributed by atoms with Crippen LogP contribution < -0.4 is 0 Å². The highest BCUT2D eigenvalue weighted by Gasteiger charge is 2.06. The third-order valence-corrected chi connectivity index (χ3v) is 2.94. The van der Waals surface area contributed by atoms with Crippen LogP contribution in [0, 0.1) is 11.3 Å². The summed E-state index contributed by atoms with van der Waals surface area (Å²) < 4.78 is 5.85. The number of rotatable bonds is 2. The van der Waals surface area contributed by atoms with E-state index in [0.29, 0.717) is 5.56 Å². The molecule has 0 aliphatic heterocycles. The Morgan fingerprint density at radius 2 is 1.42 bits per heavy atom. The second kappa shape index (κ2) is 4.83. The maximum absolute atomic E-state index is 8.91. The Balaban J connectivity index is 2.00. The molecule has 2 nitrogen and oxygen atoms in total. The lowest BCUT2D eigenvalue weighted by Crippen LogP contribution is -1.77. The lowest BCUT2D eigenvalue weighted by Gasteiger charge is -1.98. The topological polar surface area (TPSA) is 36.9 Å². The highest BCUT2D eigenvalue weighted by molar-refractivity contribution is 5.65. The summed E-state index contributed by atoms with van der Waals surface area (Å²) in [5, 5.41) is 8.91. The summed E-state index contributed by atoms with van der Waals surface area (Å²) in [7, 11) is 0. The van der Waals surface area contributed by atoms with Gasteiger partial charge in [0.1, 0.15) is 11.5 Å². The van der Waals surface area contributed by atoms with Gasteiger partial charge in [0.15, 0.2) is 0 Å². The van der Waals surface area contributed by atoms with Crippen molar-refractivity contribution in [1.29, 1.82) is 5.26 Å². The molecule has 0 amide bonds. The van der Waals surface area contributed by atoms with Crippen molar-refractivity contribution in [3.05, 3.63) is 72.3 Å². The van der Waals surface area contributed by atoms with Crippen LogP contribution in [0.25, 0.3) is 22.6 Å². The predicted molar refractivity (Wildman–Crippen MR) is 74.3 cm³/mol. The molecule has 1 aromatic heterocycles. The molecule has 2 aromatic carbocycles. The van der Waals surface area contributed by atoms with Crippen molar-refractivity contribution in [2.45, 2.75) is 0 Å². The molecule has 0 aliphatic carbocycles. The summed E-state index contributed by atoms with van der Waals surface area (Å²) in [4.78, 5) is 0. The van der Waals surface area contributed by atoms with Gasteiger partial charge in [0.2, 0.25) is 0 Å². The quantitative estimate of drug-likeness (QED) is 0.667. The third kappa shape index (κ3) is 2.27. The summed E-state index contributed by atoms with van der Waals surface area (Å²) in [6.45, 7) is 0. The molecular weight excluding hydrogens is 234 g/mol. The van der Waals surface area contributed by atoms with Crippen molar-refractivity contribution in [2.75, 3.05) is 0 Å². The molecule has 90 valence electrons. The van der Waals surface area contributed by atoms with Crippen LogP contribution >= 0.6 is 0 Å². The molecule has 0 saturated heterocycles. The average Bonchev–Trinajstić information content (AvgIpc) is 2.98. The first-order valence-electron chi connectivity index (χ1n) is 6.02. The summed E-state index contributed by atoms with van der Waals surface area (Å²) in [5.41, 5.74) is 2.60. The minimum Gasteiger partial charge on any atom is -0.456 e. The number of hydrogen-bond donors (Lipinski definition) is 0. The summed E-state index contributed by atoms with van der Waals surface area (Å²) in [6, 6.07) is 23.4. The Kier molecular flexibility index (Phi) is 2.88. The molecule has 1 heterocycles. The van der Waals surface area contributed by atoms with Crippen LogP contribution in [0.5, 0.6) is 0 Å². The van der Waals surface area contributed by atoms with Gasteiger partial charge in [-0.25, -0.2) is 0 Å². The van der Waals surface area contributed by atoms with Gasteiger partial charge >= 0.3 is 0 Å².